The minimum Gasteiger partial charge on any atom is -0.325 e. The highest BCUT2D eigenvalue weighted by Gasteiger charge is 2.19. The molecular weight excluding hydrogens is 416 g/mol. The third-order valence-corrected chi connectivity index (χ3v) is 6.69. The van der Waals surface area contributed by atoms with Gasteiger partial charge in [0.15, 0.2) is 16.8 Å². The average Bonchev–Trinajstić information content (AvgIpc) is 3.33. The fourth-order valence-corrected chi connectivity index (χ4v) is 4.72. The topological polar surface area (TPSA) is 76.9 Å². The van der Waals surface area contributed by atoms with Crippen molar-refractivity contribution in [3.63, 3.8) is 0 Å². The maximum absolute atomic E-state index is 12.4. The number of amides is 1. The standard InChI is InChI=1S/C22H26N4O2S2/c1-13(2)19-10-17(11-29-19)21-24-25-22(26(21)14(3)4)30-12-20(28)23-18-8-6-7-16(9-18)15(5)27/h6-11,13-14H,12H2,1-5H3,(H,23,28). The van der Waals surface area contributed by atoms with Crippen molar-refractivity contribution in [3.05, 3.63) is 46.2 Å². The lowest BCUT2D eigenvalue weighted by Gasteiger charge is -2.13. The largest absolute Gasteiger partial charge is 0.325 e. The van der Waals surface area contributed by atoms with Crippen LogP contribution in [0.5, 0.6) is 0 Å². The van der Waals surface area contributed by atoms with E-state index in [4.69, 9.17) is 0 Å². The van der Waals surface area contributed by atoms with Crippen LogP contribution in [0.3, 0.4) is 0 Å². The van der Waals surface area contributed by atoms with Crippen molar-refractivity contribution >= 4 is 40.5 Å². The van der Waals surface area contributed by atoms with Gasteiger partial charge in [-0.15, -0.1) is 21.5 Å². The maximum atomic E-state index is 12.4. The minimum atomic E-state index is -0.154. The molecule has 0 unspecified atom stereocenters. The van der Waals surface area contributed by atoms with Gasteiger partial charge in [0.2, 0.25) is 5.91 Å². The predicted molar refractivity (Wildman–Crippen MR) is 124 cm³/mol. The number of ketones is 1. The van der Waals surface area contributed by atoms with E-state index in [0.717, 1.165) is 11.4 Å². The van der Waals surface area contributed by atoms with E-state index < -0.39 is 0 Å². The van der Waals surface area contributed by atoms with E-state index >= 15 is 0 Å². The maximum Gasteiger partial charge on any atom is 0.234 e. The van der Waals surface area contributed by atoms with Gasteiger partial charge in [-0.2, -0.15) is 0 Å². The van der Waals surface area contributed by atoms with Gasteiger partial charge < -0.3 is 5.32 Å². The highest BCUT2D eigenvalue weighted by molar-refractivity contribution is 7.99. The summed E-state index contributed by atoms with van der Waals surface area (Å²) >= 11 is 3.08. The monoisotopic (exact) mass is 442 g/mol. The van der Waals surface area contributed by atoms with E-state index in [0.29, 0.717) is 22.3 Å². The van der Waals surface area contributed by atoms with Crippen LogP contribution in [0.1, 0.15) is 61.8 Å². The van der Waals surface area contributed by atoms with E-state index in [1.165, 1.54) is 23.6 Å². The van der Waals surface area contributed by atoms with Crippen molar-refractivity contribution in [2.24, 2.45) is 0 Å². The van der Waals surface area contributed by atoms with Gasteiger partial charge >= 0.3 is 0 Å². The molecule has 6 nitrogen and oxygen atoms in total. The first-order chi connectivity index (χ1) is 14.3. The van der Waals surface area contributed by atoms with Gasteiger partial charge in [0.1, 0.15) is 0 Å². The van der Waals surface area contributed by atoms with Crippen LogP contribution >= 0.6 is 23.1 Å². The number of Topliss-reactive ketones (excluding diaryl/α,β-unsaturated/α-hetero) is 1. The Labute approximate surface area is 185 Å². The molecular formula is C22H26N4O2S2. The molecule has 8 heteroatoms. The lowest BCUT2D eigenvalue weighted by Crippen LogP contribution is -2.15. The number of nitrogens with zero attached hydrogens (tertiary/aromatic N) is 3. The molecule has 1 aromatic carbocycles. The summed E-state index contributed by atoms with van der Waals surface area (Å²) in [7, 11) is 0. The molecule has 2 heterocycles. The Morgan fingerprint density at radius 3 is 2.57 bits per heavy atom. The third kappa shape index (κ3) is 5.17. The summed E-state index contributed by atoms with van der Waals surface area (Å²) in [5.41, 5.74) is 2.24. The van der Waals surface area contributed by atoms with E-state index in [1.54, 1.807) is 35.6 Å². The fraction of sp³-hybridized carbons (Fsp3) is 0.364. The Balaban J connectivity index is 1.72. The number of thioether (sulfide) groups is 1. The summed E-state index contributed by atoms with van der Waals surface area (Å²) in [5, 5.41) is 14.4. The van der Waals surface area contributed by atoms with Crippen molar-refractivity contribution in [2.45, 2.75) is 51.7 Å². The lowest BCUT2D eigenvalue weighted by atomic mass is 10.1. The molecule has 0 saturated carbocycles. The number of benzene rings is 1. The smallest absolute Gasteiger partial charge is 0.234 e. The van der Waals surface area contributed by atoms with E-state index in [-0.39, 0.29) is 23.5 Å². The summed E-state index contributed by atoms with van der Waals surface area (Å²) in [5.74, 6) is 1.31. The first kappa shape index (κ1) is 22.2. The number of carbonyl (C=O) groups is 2. The molecule has 0 fully saturated rings. The zero-order valence-electron chi connectivity index (χ0n) is 17.8. The second-order valence-corrected chi connectivity index (χ2v) is 9.52. The van der Waals surface area contributed by atoms with Crippen molar-refractivity contribution in [3.8, 4) is 11.4 Å². The predicted octanol–water partition coefficient (Wildman–Crippen LogP) is 5.64. The van der Waals surface area contributed by atoms with Gasteiger partial charge in [0, 0.05) is 33.1 Å². The van der Waals surface area contributed by atoms with Crippen molar-refractivity contribution in [1.29, 1.82) is 0 Å². The van der Waals surface area contributed by atoms with Crippen LogP contribution < -0.4 is 5.32 Å². The summed E-state index contributed by atoms with van der Waals surface area (Å²) in [6, 6.07) is 9.27. The first-order valence-electron chi connectivity index (χ1n) is 9.83. The van der Waals surface area contributed by atoms with E-state index in [1.807, 2.05) is 0 Å². The molecule has 158 valence electrons. The van der Waals surface area contributed by atoms with Crippen molar-refractivity contribution in [1.82, 2.24) is 14.8 Å². The number of aromatic nitrogens is 3. The Hall–Kier alpha value is -2.45. The molecule has 0 aliphatic carbocycles. The number of hydrogen-bond acceptors (Lipinski definition) is 6. The lowest BCUT2D eigenvalue weighted by molar-refractivity contribution is -0.113. The molecule has 3 rings (SSSR count). The van der Waals surface area contributed by atoms with Crippen LogP contribution in [0, 0.1) is 0 Å². The van der Waals surface area contributed by atoms with Crippen LogP contribution in [-0.2, 0) is 4.79 Å². The van der Waals surface area contributed by atoms with Crippen molar-refractivity contribution < 1.29 is 9.59 Å². The van der Waals surface area contributed by atoms with E-state index in [2.05, 4.69) is 59.2 Å². The van der Waals surface area contributed by atoms with Gasteiger partial charge in [-0.25, -0.2) is 0 Å². The van der Waals surface area contributed by atoms with Crippen LogP contribution in [0.4, 0.5) is 5.69 Å². The number of thiophene rings is 1. The molecule has 0 atom stereocenters. The first-order valence-corrected chi connectivity index (χ1v) is 11.7. The van der Waals surface area contributed by atoms with Gasteiger partial charge in [0.25, 0.3) is 0 Å². The molecule has 3 aromatic rings. The van der Waals surface area contributed by atoms with Gasteiger partial charge in [-0.3, -0.25) is 14.2 Å². The molecule has 0 saturated heterocycles. The van der Waals surface area contributed by atoms with Crippen LogP contribution in [0.25, 0.3) is 11.4 Å². The Morgan fingerprint density at radius 1 is 1.17 bits per heavy atom. The molecule has 0 spiro atoms. The Morgan fingerprint density at radius 2 is 1.93 bits per heavy atom. The van der Waals surface area contributed by atoms with Crippen LogP contribution in [-0.4, -0.2) is 32.2 Å². The zero-order chi connectivity index (χ0) is 21.8. The Bertz CT molecular complexity index is 1050. The number of carbonyl (C=O) groups excluding carboxylic acids is 2. The fourth-order valence-electron chi connectivity index (χ4n) is 2.95. The molecule has 0 aliphatic heterocycles. The number of anilines is 1. The summed E-state index contributed by atoms with van der Waals surface area (Å²) in [6.07, 6.45) is 0. The molecule has 2 aromatic heterocycles. The second kappa shape index (κ2) is 9.57. The second-order valence-electron chi connectivity index (χ2n) is 7.64. The van der Waals surface area contributed by atoms with Gasteiger partial charge in [-0.1, -0.05) is 37.7 Å². The SMILES string of the molecule is CC(=O)c1cccc(NC(=O)CSc2nnc(-c3csc(C(C)C)c3)n2C(C)C)c1. The number of rotatable bonds is 8. The Kier molecular flexibility index (Phi) is 7.10. The van der Waals surface area contributed by atoms with Gasteiger partial charge in [-0.05, 0) is 44.9 Å². The van der Waals surface area contributed by atoms with Gasteiger partial charge in [0.05, 0.1) is 5.75 Å². The van der Waals surface area contributed by atoms with Crippen LogP contribution in [0.2, 0.25) is 0 Å². The molecule has 1 N–H and O–H groups in total. The zero-order valence-corrected chi connectivity index (χ0v) is 19.4. The highest BCUT2D eigenvalue weighted by Crippen LogP contribution is 2.32. The van der Waals surface area contributed by atoms with Crippen molar-refractivity contribution in [2.75, 3.05) is 11.1 Å². The molecule has 30 heavy (non-hydrogen) atoms. The summed E-state index contributed by atoms with van der Waals surface area (Å²) < 4.78 is 2.07. The molecule has 0 bridgehead atoms. The number of nitrogens with one attached hydrogen (secondary N) is 1. The summed E-state index contributed by atoms with van der Waals surface area (Å²) in [6.45, 7) is 10.0. The third-order valence-electron chi connectivity index (χ3n) is 4.51. The molecule has 1 amide bonds. The normalized spacial score (nSPS) is 11.3. The minimum absolute atomic E-state index is 0.0351. The molecule has 0 radical (unpaired) electrons. The highest BCUT2D eigenvalue weighted by atomic mass is 32.2. The average molecular weight is 443 g/mol. The number of hydrogen-bond donors (Lipinski definition) is 1. The van der Waals surface area contributed by atoms with Crippen LogP contribution in [0.15, 0.2) is 40.9 Å². The summed E-state index contributed by atoms with van der Waals surface area (Å²) in [4.78, 5) is 25.3. The quantitative estimate of drug-likeness (QED) is 0.361. The molecule has 0 aliphatic rings. The van der Waals surface area contributed by atoms with E-state index in [9.17, 15) is 9.59 Å².